The van der Waals surface area contributed by atoms with E-state index in [-0.39, 0.29) is 5.91 Å². The van der Waals surface area contributed by atoms with Crippen molar-refractivity contribution in [1.82, 2.24) is 15.6 Å². The van der Waals surface area contributed by atoms with Gasteiger partial charge in [-0.05, 0) is 37.1 Å². The molecule has 1 aliphatic rings. The molecule has 6 nitrogen and oxygen atoms in total. The Bertz CT molecular complexity index is 745. The minimum Gasteiger partial charge on any atom is -0.496 e. The molecular formula is C17H18N4O2. The highest BCUT2D eigenvalue weighted by atomic mass is 16.5. The molecule has 0 saturated heterocycles. The maximum atomic E-state index is 11.9. The van der Waals surface area contributed by atoms with E-state index in [9.17, 15) is 4.79 Å². The van der Waals surface area contributed by atoms with Crippen molar-refractivity contribution >= 4 is 18.2 Å². The Kier molecular flexibility index (Phi) is 4.52. The second-order valence-electron chi connectivity index (χ2n) is 5.30. The van der Waals surface area contributed by atoms with Gasteiger partial charge in [0.2, 0.25) is 0 Å². The lowest BCUT2D eigenvalue weighted by atomic mass is 10.2. The summed E-state index contributed by atoms with van der Waals surface area (Å²) >= 11 is 0. The molecule has 1 aromatic heterocycles. The Labute approximate surface area is 134 Å². The number of carbonyl (C=O) groups excluding carboxylic acids is 1. The van der Waals surface area contributed by atoms with Gasteiger partial charge in [-0.3, -0.25) is 9.89 Å². The third kappa shape index (κ3) is 3.85. The number of aromatic nitrogens is 2. The van der Waals surface area contributed by atoms with Gasteiger partial charge < -0.3 is 4.74 Å². The van der Waals surface area contributed by atoms with Crippen molar-refractivity contribution in [3.05, 3.63) is 53.4 Å². The molecule has 118 valence electrons. The third-order valence-electron chi connectivity index (χ3n) is 3.59. The van der Waals surface area contributed by atoms with Gasteiger partial charge in [0.15, 0.2) is 5.69 Å². The molecule has 3 rings (SSSR count). The van der Waals surface area contributed by atoms with Crippen LogP contribution in [0.2, 0.25) is 0 Å². The molecule has 1 amide bonds. The van der Waals surface area contributed by atoms with Gasteiger partial charge in [0.05, 0.1) is 7.11 Å². The number of hydrogen-bond acceptors (Lipinski definition) is 4. The summed E-state index contributed by atoms with van der Waals surface area (Å²) in [6.45, 7) is 0. The van der Waals surface area contributed by atoms with E-state index in [0.717, 1.165) is 29.8 Å². The average Bonchev–Trinajstić information content (AvgIpc) is 3.31. The van der Waals surface area contributed by atoms with E-state index >= 15 is 0 Å². The fourth-order valence-corrected chi connectivity index (χ4v) is 2.20. The second-order valence-corrected chi connectivity index (χ2v) is 5.30. The summed E-state index contributed by atoms with van der Waals surface area (Å²) in [5.41, 5.74) is 4.77. The van der Waals surface area contributed by atoms with Crippen molar-refractivity contribution in [3.63, 3.8) is 0 Å². The van der Waals surface area contributed by atoms with Gasteiger partial charge in [-0.15, -0.1) is 0 Å². The number of hydrazone groups is 1. The van der Waals surface area contributed by atoms with Crippen LogP contribution in [-0.2, 0) is 0 Å². The van der Waals surface area contributed by atoms with Gasteiger partial charge in [-0.25, -0.2) is 5.43 Å². The zero-order valence-corrected chi connectivity index (χ0v) is 12.8. The Morgan fingerprint density at radius 2 is 2.26 bits per heavy atom. The number of allylic oxidation sites excluding steroid dienone is 1. The van der Waals surface area contributed by atoms with E-state index in [1.165, 1.54) is 6.21 Å². The Morgan fingerprint density at radius 3 is 3.04 bits per heavy atom. The van der Waals surface area contributed by atoms with E-state index in [4.69, 9.17) is 4.74 Å². The van der Waals surface area contributed by atoms with Crippen LogP contribution >= 0.6 is 0 Å². The molecule has 23 heavy (non-hydrogen) atoms. The number of nitrogens with zero attached hydrogens (tertiary/aromatic N) is 2. The summed E-state index contributed by atoms with van der Waals surface area (Å²) in [5, 5.41) is 10.8. The molecule has 0 unspecified atom stereocenters. The number of hydrogen-bond donors (Lipinski definition) is 2. The lowest BCUT2D eigenvalue weighted by Crippen LogP contribution is -2.17. The minimum atomic E-state index is -0.324. The number of ether oxygens (including phenoxy) is 1. The zero-order valence-electron chi connectivity index (χ0n) is 12.8. The van der Waals surface area contributed by atoms with Gasteiger partial charge in [-0.2, -0.15) is 10.2 Å². The first kappa shape index (κ1) is 15.0. The van der Waals surface area contributed by atoms with Crippen molar-refractivity contribution in [2.75, 3.05) is 7.11 Å². The number of carbonyl (C=O) groups is 1. The van der Waals surface area contributed by atoms with Gasteiger partial charge in [-0.1, -0.05) is 18.2 Å². The summed E-state index contributed by atoms with van der Waals surface area (Å²) in [4.78, 5) is 11.9. The molecule has 1 fully saturated rings. The topological polar surface area (TPSA) is 79.4 Å². The average molecular weight is 310 g/mol. The number of benzene rings is 1. The molecule has 1 saturated carbocycles. The van der Waals surface area contributed by atoms with E-state index in [2.05, 4.69) is 20.7 Å². The fourth-order valence-electron chi connectivity index (χ4n) is 2.20. The first-order valence-corrected chi connectivity index (χ1v) is 7.46. The molecule has 1 aliphatic carbocycles. The Hall–Kier alpha value is -2.89. The van der Waals surface area contributed by atoms with Gasteiger partial charge in [0, 0.05) is 23.4 Å². The van der Waals surface area contributed by atoms with Crippen LogP contribution in [0, 0.1) is 0 Å². The number of rotatable bonds is 6. The maximum absolute atomic E-state index is 11.9. The van der Waals surface area contributed by atoms with Crippen LogP contribution in [0.25, 0.3) is 6.08 Å². The largest absolute Gasteiger partial charge is 0.496 e. The van der Waals surface area contributed by atoms with Crippen LogP contribution in [0.15, 0.2) is 41.5 Å². The molecule has 0 atom stereocenters. The van der Waals surface area contributed by atoms with Crippen LogP contribution < -0.4 is 10.2 Å². The molecule has 2 N–H and O–H groups in total. The van der Waals surface area contributed by atoms with Crippen molar-refractivity contribution in [3.8, 4) is 5.75 Å². The standard InChI is InChI=1S/C17H18N4O2/c1-23-16-7-3-2-5-13(16)6-4-10-18-21-17(22)15-11-14(19-20-15)12-8-9-12/h2-7,10-12H,8-9H2,1H3,(H,19,20)(H,21,22). The summed E-state index contributed by atoms with van der Waals surface area (Å²) in [6, 6.07) is 9.44. The molecular weight excluding hydrogens is 292 g/mol. The molecule has 2 aromatic rings. The van der Waals surface area contributed by atoms with Crippen LogP contribution in [0.1, 0.15) is 40.5 Å². The quantitative estimate of drug-likeness (QED) is 0.636. The Balaban J connectivity index is 1.53. The second kappa shape index (κ2) is 6.91. The highest BCUT2D eigenvalue weighted by Crippen LogP contribution is 2.38. The fraction of sp³-hybridized carbons (Fsp3) is 0.235. The first-order chi connectivity index (χ1) is 11.3. The first-order valence-electron chi connectivity index (χ1n) is 7.46. The van der Waals surface area contributed by atoms with Crippen LogP contribution in [0.3, 0.4) is 0 Å². The number of amides is 1. The number of methoxy groups -OCH3 is 1. The molecule has 0 spiro atoms. The molecule has 6 heteroatoms. The van der Waals surface area contributed by atoms with Crippen LogP contribution in [0.4, 0.5) is 0 Å². The predicted molar refractivity (Wildman–Crippen MR) is 88.5 cm³/mol. The van der Waals surface area contributed by atoms with Crippen molar-refractivity contribution in [2.45, 2.75) is 18.8 Å². The summed E-state index contributed by atoms with van der Waals surface area (Å²) in [6.07, 6.45) is 7.43. The Morgan fingerprint density at radius 1 is 1.43 bits per heavy atom. The van der Waals surface area contributed by atoms with E-state index in [0.29, 0.717) is 11.6 Å². The molecule has 0 bridgehead atoms. The number of aromatic amines is 1. The van der Waals surface area contributed by atoms with Crippen molar-refractivity contribution in [2.24, 2.45) is 5.10 Å². The summed E-state index contributed by atoms with van der Waals surface area (Å²) in [5.74, 6) is 0.997. The van der Waals surface area contributed by atoms with Crippen molar-refractivity contribution in [1.29, 1.82) is 0 Å². The summed E-state index contributed by atoms with van der Waals surface area (Å²) in [7, 11) is 1.63. The predicted octanol–water partition coefficient (Wildman–Crippen LogP) is 2.72. The highest BCUT2D eigenvalue weighted by molar-refractivity contribution is 5.93. The number of H-pyrrole nitrogens is 1. The van der Waals surface area contributed by atoms with Gasteiger partial charge in [0.25, 0.3) is 5.91 Å². The molecule has 1 aromatic carbocycles. The maximum Gasteiger partial charge on any atom is 0.291 e. The molecule has 1 heterocycles. The highest BCUT2D eigenvalue weighted by Gasteiger charge is 2.26. The lowest BCUT2D eigenvalue weighted by Gasteiger charge is -2.02. The minimum absolute atomic E-state index is 0.324. The smallest absolute Gasteiger partial charge is 0.291 e. The molecule has 0 aliphatic heterocycles. The third-order valence-corrected chi connectivity index (χ3v) is 3.59. The molecule has 0 radical (unpaired) electrons. The number of nitrogens with one attached hydrogen (secondary N) is 2. The normalized spacial score (nSPS) is 14.5. The van der Waals surface area contributed by atoms with E-state index in [1.807, 2.05) is 30.3 Å². The monoisotopic (exact) mass is 310 g/mol. The SMILES string of the molecule is COc1ccccc1C=CC=NNC(=O)c1cc(C2CC2)[nH]n1. The lowest BCUT2D eigenvalue weighted by molar-refractivity contribution is 0.0950. The number of para-hydroxylation sites is 1. The zero-order chi connectivity index (χ0) is 16.1. The van der Waals surface area contributed by atoms with Crippen LogP contribution in [0.5, 0.6) is 5.75 Å². The van der Waals surface area contributed by atoms with Gasteiger partial charge in [0.1, 0.15) is 5.75 Å². The van der Waals surface area contributed by atoms with Crippen LogP contribution in [-0.4, -0.2) is 29.4 Å². The van der Waals surface area contributed by atoms with E-state index in [1.54, 1.807) is 19.3 Å². The summed E-state index contributed by atoms with van der Waals surface area (Å²) < 4.78 is 5.25. The van der Waals surface area contributed by atoms with Crippen molar-refractivity contribution < 1.29 is 9.53 Å². The van der Waals surface area contributed by atoms with E-state index < -0.39 is 0 Å². The van der Waals surface area contributed by atoms with Gasteiger partial charge >= 0.3 is 0 Å².